The zero-order valence-corrected chi connectivity index (χ0v) is 17.2. The minimum absolute atomic E-state index is 0.0873. The van der Waals surface area contributed by atoms with E-state index in [-0.39, 0.29) is 24.3 Å². The molecule has 0 radical (unpaired) electrons. The Labute approximate surface area is 169 Å². The summed E-state index contributed by atoms with van der Waals surface area (Å²) in [5.41, 5.74) is 0.261. The lowest BCUT2D eigenvalue weighted by Crippen LogP contribution is -2.54. The van der Waals surface area contributed by atoms with E-state index in [1.54, 1.807) is 0 Å². The van der Waals surface area contributed by atoms with Gasteiger partial charge in [-0.1, -0.05) is 32.6 Å². The maximum Gasteiger partial charge on any atom is 0.325 e. The number of hydrogen-bond acceptors (Lipinski definition) is 5. The van der Waals surface area contributed by atoms with E-state index in [2.05, 4.69) is 15.6 Å². The Bertz CT molecular complexity index is 767. The smallest absolute Gasteiger partial charge is 0.323 e. The third kappa shape index (κ3) is 3.54. The number of thiazole rings is 1. The number of anilines is 1. The third-order valence-corrected chi connectivity index (χ3v) is 7.47. The van der Waals surface area contributed by atoms with Gasteiger partial charge in [-0.25, -0.2) is 9.78 Å². The topological polar surface area (TPSA) is 91.4 Å². The monoisotopic (exact) mass is 404 g/mol. The molecule has 2 unspecified atom stereocenters. The molecule has 3 aliphatic rings. The average Bonchev–Trinajstić information content (AvgIpc) is 3.11. The van der Waals surface area contributed by atoms with Crippen LogP contribution in [0, 0.1) is 5.92 Å². The molecule has 7 nitrogen and oxygen atoms in total. The number of carbonyl (C=O) groups is 3. The van der Waals surface area contributed by atoms with Gasteiger partial charge in [0.05, 0.1) is 5.69 Å². The number of fused-ring (bicyclic) bond motifs is 1. The Hall–Kier alpha value is -1.96. The number of hydrogen-bond donors (Lipinski definition) is 2. The molecule has 0 bridgehead atoms. The lowest BCUT2D eigenvalue weighted by Gasteiger charge is -2.36. The molecule has 8 heteroatoms. The number of amides is 4. The van der Waals surface area contributed by atoms with Gasteiger partial charge in [-0.3, -0.25) is 14.5 Å². The van der Waals surface area contributed by atoms with Gasteiger partial charge >= 0.3 is 6.03 Å². The maximum atomic E-state index is 13.0. The average molecular weight is 405 g/mol. The molecule has 1 aliphatic heterocycles. The molecular formula is C20H28N4O3S. The van der Waals surface area contributed by atoms with Gasteiger partial charge in [-0.15, -0.1) is 11.3 Å². The number of rotatable bonds is 3. The molecule has 1 aromatic heterocycles. The first-order valence-corrected chi connectivity index (χ1v) is 11.2. The Morgan fingerprint density at radius 3 is 2.79 bits per heavy atom. The minimum Gasteiger partial charge on any atom is -0.323 e. The Morgan fingerprint density at radius 2 is 2.00 bits per heavy atom. The number of carbonyl (C=O) groups excluding carboxylic acids is 3. The van der Waals surface area contributed by atoms with Crippen LogP contribution in [-0.2, 0) is 22.4 Å². The third-order valence-electron chi connectivity index (χ3n) is 6.40. The Balaban J connectivity index is 1.42. The van der Waals surface area contributed by atoms with Crippen molar-refractivity contribution in [3.8, 4) is 0 Å². The minimum atomic E-state index is -0.827. The SMILES string of the molecule is CC1CCCCC12NC(=O)N(CC(=O)Nc1nc3c(s1)CCCCCC3)C2=O. The van der Waals surface area contributed by atoms with Gasteiger partial charge in [0.15, 0.2) is 5.13 Å². The lowest BCUT2D eigenvalue weighted by atomic mass is 9.73. The molecule has 2 fully saturated rings. The molecule has 28 heavy (non-hydrogen) atoms. The summed E-state index contributed by atoms with van der Waals surface area (Å²) in [5, 5.41) is 6.27. The summed E-state index contributed by atoms with van der Waals surface area (Å²) in [4.78, 5) is 44.9. The zero-order valence-electron chi connectivity index (χ0n) is 16.4. The standard InChI is InChI=1S/C20H28N4O3S/c1-13-8-6-7-11-20(13)17(26)24(19(27)23-20)12-16(25)22-18-21-14-9-4-2-3-5-10-15(14)28-18/h13H,2-12H2,1H3,(H,23,27)(H,21,22,25). The van der Waals surface area contributed by atoms with Crippen molar-refractivity contribution >= 4 is 34.3 Å². The van der Waals surface area contributed by atoms with Crippen LogP contribution in [0.2, 0.25) is 0 Å². The van der Waals surface area contributed by atoms with E-state index < -0.39 is 11.6 Å². The van der Waals surface area contributed by atoms with E-state index in [0.717, 1.165) is 55.5 Å². The van der Waals surface area contributed by atoms with E-state index >= 15 is 0 Å². The second kappa shape index (κ2) is 7.81. The van der Waals surface area contributed by atoms with Crippen LogP contribution in [-0.4, -0.2) is 39.8 Å². The van der Waals surface area contributed by atoms with E-state index in [9.17, 15) is 14.4 Å². The van der Waals surface area contributed by atoms with Gasteiger partial charge in [0, 0.05) is 4.88 Å². The first-order valence-electron chi connectivity index (χ1n) is 10.4. The predicted molar refractivity (Wildman–Crippen MR) is 107 cm³/mol. The van der Waals surface area contributed by atoms with Crippen LogP contribution in [0.4, 0.5) is 9.93 Å². The highest BCUT2D eigenvalue weighted by Gasteiger charge is 2.55. The van der Waals surface area contributed by atoms with Crippen molar-refractivity contribution in [2.75, 3.05) is 11.9 Å². The van der Waals surface area contributed by atoms with Gasteiger partial charge in [-0.05, 0) is 44.4 Å². The van der Waals surface area contributed by atoms with Crippen LogP contribution in [0.1, 0.15) is 68.9 Å². The molecule has 4 amide bonds. The predicted octanol–water partition coefficient (Wildman–Crippen LogP) is 3.24. The molecule has 0 aromatic carbocycles. The van der Waals surface area contributed by atoms with Crippen LogP contribution >= 0.6 is 11.3 Å². The van der Waals surface area contributed by atoms with E-state index in [1.165, 1.54) is 29.1 Å². The number of urea groups is 1. The molecule has 4 rings (SSSR count). The van der Waals surface area contributed by atoms with Crippen LogP contribution in [0.25, 0.3) is 0 Å². The summed E-state index contributed by atoms with van der Waals surface area (Å²) < 4.78 is 0. The van der Waals surface area contributed by atoms with Crippen molar-refractivity contribution < 1.29 is 14.4 Å². The molecule has 2 heterocycles. The highest BCUT2D eigenvalue weighted by atomic mass is 32.1. The van der Waals surface area contributed by atoms with E-state index in [0.29, 0.717) is 11.6 Å². The summed E-state index contributed by atoms with van der Waals surface area (Å²) >= 11 is 1.52. The molecule has 2 N–H and O–H groups in total. The van der Waals surface area contributed by atoms with Crippen LogP contribution in [0.15, 0.2) is 0 Å². The first-order chi connectivity index (χ1) is 13.5. The van der Waals surface area contributed by atoms with Gasteiger partial charge in [0.25, 0.3) is 5.91 Å². The summed E-state index contributed by atoms with van der Waals surface area (Å²) in [7, 11) is 0. The molecule has 152 valence electrons. The lowest BCUT2D eigenvalue weighted by molar-refractivity contribution is -0.136. The van der Waals surface area contributed by atoms with Crippen molar-refractivity contribution in [2.24, 2.45) is 5.92 Å². The second-order valence-corrected chi connectivity index (χ2v) is 9.37. The summed E-state index contributed by atoms with van der Waals surface area (Å²) in [6, 6.07) is -0.458. The molecule has 1 spiro atoms. The van der Waals surface area contributed by atoms with Gasteiger partial charge in [-0.2, -0.15) is 0 Å². The fraction of sp³-hybridized carbons (Fsp3) is 0.700. The fourth-order valence-electron chi connectivity index (χ4n) is 4.70. The molecular weight excluding hydrogens is 376 g/mol. The maximum absolute atomic E-state index is 13.0. The highest BCUT2D eigenvalue weighted by Crippen LogP contribution is 2.38. The molecule has 1 saturated carbocycles. The molecule has 1 aromatic rings. The molecule has 2 aliphatic carbocycles. The molecule has 1 saturated heterocycles. The summed E-state index contributed by atoms with van der Waals surface area (Å²) in [6.07, 6.45) is 10.3. The van der Waals surface area contributed by atoms with Crippen molar-refractivity contribution in [3.63, 3.8) is 0 Å². The number of nitrogens with zero attached hydrogens (tertiary/aromatic N) is 2. The van der Waals surface area contributed by atoms with Crippen LogP contribution in [0.5, 0.6) is 0 Å². The molecule has 2 atom stereocenters. The fourth-order valence-corrected chi connectivity index (χ4v) is 5.77. The largest absolute Gasteiger partial charge is 0.325 e. The first kappa shape index (κ1) is 19.4. The van der Waals surface area contributed by atoms with E-state index in [1.807, 2.05) is 6.92 Å². The normalized spacial score (nSPS) is 27.9. The van der Waals surface area contributed by atoms with Crippen LogP contribution in [0.3, 0.4) is 0 Å². The quantitative estimate of drug-likeness (QED) is 0.757. The van der Waals surface area contributed by atoms with Crippen molar-refractivity contribution in [1.82, 2.24) is 15.2 Å². The zero-order chi connectivity index (χ0) is 19.7. The number of aryl methyl sites for hydroxylation is 2. The summed E-state index contributed by atoms with van der Waals surface area (Å²) in [5.74, 6) is -0.540. The highest BCUT2D eigenvalue weighted by molar-refractivity contribution is 7.15. The van der Waals surface area contributed by atoms with Crippen LogP contribution < -0.4 is 10.6 Å². The van der Waals surface area contributed by atoms with E-state index in [4.69, 9.17) is 0 Å². The number of aromatic nitrogens is 1. The van der Waals surface area contributed by atoms with Gasteiger partial charge < -0.3 is 10.6 Å². The number of imide groups is 1. The van der Waals surface area contributed by atoms with Crippen molar-refractivity contribution in [1.29, 1.82) is 0 Å². The Morgan fingerprint density at radius 1 is 1.21 bits per heavy atom. The van der Waals surface area contributed by atoms with Gasteiger partial charge in [0.2, 0.25) is 5.91 Å². The number of nitrogens with one attached hydrogen (secondary N) is 2. The summed E-state index contributed by atoms with van der Waals surface area (Å²) in [6.45, 7) is 1.75. The van der Waals surface area contributed by atoms with Crippen molar-refractivity contribution in [2.45, 2.75) is 76.7 Å². The van der Waals surface area contributed by atoms with Gasteiger partial charge in [0.1, 0.15) is 12.1 Å². The van der Waals surface area contributed by atoms with Crippen molar-refractivity contribution in [3.05, 3.63) is 10.6 Å². The second-order valence-electron chi connectivity index (χ2n) is 8.29. The Kier molecular flexibility index (Phi) is 5.40.